The molecule has 1 aliphatic heterocycles. The lowest BCUT2D eigenvalue weighted by atomic mass is 10.2. The summed E-state index contributed by atoms with van der Waals surface area (Å²) in [6, 6.07) is -0.475. The standard InChI is InChI=1S/C10H14N2O5/c1-16-8(13)2-3-9(14)17-6-4-7(10(11)15)12-5-6/h2-3,6-7,12H,4-5H2,1H3,(H2,11,15)/b3-2+/t6-,7+/m1/s1. The number of nitrogens with one attached hydrogen (secondary N) is 1. The lowest BCUT2D eigenvalue weighted by molar-refractivity contribution is -0.143. The molecule has 0 aromatic carbocycles. The summed E-state index contributed by atoms with van der Waals surface area (Å²) in [5.74, 6) is -1.78. The van der Waals surface area contributed by atoms with Gasteiger partial charge in [-0.15, -0.1) is 0 Å². The van der Waals surface area contributed by atoms with Gasteiger partial charge in [-0.25, -0.2) is 9.59 Å². The first-order valence-corrected chi connectivity index (χ1v) is 5.02. The van der Waals surface area contributed by atoms with Crippen molar-refractivity contribution in [3.8, 4) is 0 Å². The minimum atomic E-state index is -0.660. The van der Waals surface area contributed by atoms with Crippen LogP contribution in [-0.2, 0) is 23.9 Å². The largest absolute Gasteiger partial charge is 0.466 e. The van der Waals surface area contributed by atoms with Crippen molar-refractivity contribution in [2.24, 2.45) is 5.73 Å². The molecule has 17 heavy (non-hydrogen) atoms. The van der Waals surface area contributed by atoms with Gasteiger partial charge in [0, 0.05) is 25.1 Å². The molecular formula is C10H14N2O5. The molecule has 0 spiro atoms. The highest BCUT2D eigenvalue weighted by Crippen LogP contribution is 2.10. The number of carbonyl (C=O) groups excluding carboxylic acids is 3. The van der Waals surface area contributed by atoms with Gasteiger partial charge in [0.15, 0.2) is 0 Å². The van der Waals surface area contributed by atoms with Gasteiger partial charge < -0.3 is 20.5 Å². The average Bonchev–Trinajstić information content (AvgIpc) is 2.74. The van der Waals surface area contributed by atoms with Crippen LogP contribution in [0.1, 0.15) is 6.42 Å². The lowest BCUT2D eigenvalue weighted by Crippen LogP contribution is -2.36. The van der Waals surface area contributed by atoms with E-state index >= 15 is 0 Å². The number of ether oxygens (including phenoxy) is 2. The second-order valence-corrected chi connectivity index (χ2v) is 3.51. The Morgan fingerprint density at radius 2 is 1.94 bits per heavy atom. The fourth-order valence-electron chi connectivity index (χ4n) is 1.42. The molecule has 0 aliphatic carbocycles. The first kappa shape index (κ1) is 13.2. The number of carbonyl (C=O) groups is 3. The Bertz CT molecular complexity index is 353. The van der Waals surface area contributed by atoms with Gasteiger partial charge in [0.25, 0.3) is 0 Å². The van der Waals surface area contributed by atoms with Crippen LogP contribution in [0.3, 0.4) is 0 Å². The van der Waals surface area contributed by atoms with Crippen LogP contribution < -0.4 is 11.1 Å². The van der Waals surface area contributed by atoms with Crippen LogP contribution in [0.15, 0.2) is 12.2 Å². The predicted molar refractivity (Wildman–Crippen MR) is 56.6 cm³/mol. The van der Waals surface area contributed by atoms with Gasteiger partial charge in [-0.05, 0) is 0 Å². The molecule has 1 rings (SSSR count). The Kier molecular flexibility index (Phi) is 4.65. The average molecular weight is 242 g/mol. The summed E-state index contributed by atoms with van der Waals surface area (Å²) in [6.45, 7) is 0.366. The Labute approximate surface area is 97.9 Å². The van der Waals surface area contributed by atoms with E-state index in [1.165, 1.54) is 7.11 Å². The molecule has 0 saturated carbocycles. The summed E-state index contributed by atoms with van der Waals surface area (Å²) >= 11 is 0. The second kappa shape index (κ2) is 6.00. The third kappa shape index (κ3) is 4.23. The molecule has 1 aliphatic rings. The fourth-order valence-corrected chi connectivity index (χ4v) is 1.42. The molecular weight excluding hydrogens is 228 g/mol. The van der Waals surface area contributed by atoms with E-state index in [-0.39, 0.29) is 0 Å². The molecule has 0 aromatic heterocycles. The van der Waals surface area contributed by atoms with Gasteiger partial charge in [0.1, 0.15) is 6.10 Å². The second-order valence-electron chi connectivity index (χ2n) is 3.51. The topological polar surface area (TPSA) is 108 Å². The summed E-state index contributed by atoms with van der Waals surface area (Å²) in [5.41, 5.74) is 5.09. The smallest absolute Gasteiger partial charge is 0.331 e. The van der Waals surface area contributed by atoms with Crippen LogP contribution >= 0.6 is 0 Å². The number of methoxy groups -OCH3 is 1. The van der Waals surface area contributed by atoms with Crippen LogP contribution in [0.2, 0.25) is 0 Å². The highest BCUT2D eigenvalue weighted by molar-refractivity contribution is 5.91. The highest BCUT2D eigenvalue weighted by atomic mass is 16.5. The van der Waals surface area contributed by atoms with Crippen molar-refractivity contribution < 1.29 is 23.9 Å². The molecule has 94 valence electrons. The molecule has 7 nitrogen and oxygen atoms in total. The van der Waals surface area contributed by atoms with Crippen LogP contribution in [0.25, 0.3) is 0 Å². The first-order valence-electron chi connectivity index (χ1n) is 5.02. The Hall–Kier alpha value is -1.89. The van der Waals surface area contributed by atoms with Crippen molar-refractivity contribution >= 4 is 17.8 Å². The highest BCUT2D eigenvalue weighted by Gasteiger charge is 2.29. The van der Waals surface area contributed by atoms with Crippen molar-refractivity contribution in [2.45, 2.75) is 18.6 Å². The zero-order valence-electron chi connectivity index (χ0n) is 9.34. The van der Waals surface area contributed by atoms with E-state index in [1.807, 2.05) is 0 Å². The zero-order chi connectivity index (χ0) is 12.8. The number of esters is 2. The summed E-state index contributed by atoms with van der Waals surface area (Å²) in [4.78, 5) is 32.8. The molecule has 0 bridgehead atoms. The van der Waals surface area contributed by atoms with Crippen molar-refractivity contribution in [2.75, 3.05) is 13.7 Å². The van der Waals surface area contributed by atoms with Gasteiger partial charge >= 0.3 is 11.9 Å². The van der Waals surface area contributed by atoms with Crippen LogP contribution in [0, 0.1) is 0 Å². The lowest BCUT2D eigenvalue weighted by Gasteiger charge is -2.08. The summed E-state index contributed by atoms with van der Waals surface area (Å²) < 4.78 is 9.29. The maximum atomic E-state index is 11.2. The molecule has 1 saturated heterocycles. The predicted octanol–water partition coefficient (Wildman–Crippen LogP) is -1.53. The van der Waals surface area contributed by atoms with Crippen LogP contribution in [0.4, 0.5) is 0 Å². The van der Waals surface area contributed by atoms with Crippen molar-refractivity contribution in [1.29, 1.82) is 0 Å². The number of nitrogens with two attached hydrogens (primary N) is 1. The van der Waals surface area contributed by atoms with Crippen LogP contribution in [-0.4, -0.2) is 43.6 Å². The molecule has 1 fully saturated rings. The van der Waals surface area contributed by atoms with E-state index in [2.05, 4.69) is 10.1 Å². The van der Waals surface area contributed by atoms with E-state index < -0.39 is 30.0 Å². The number of hydrogen-bond donors (Lipinski definition) is 2. The van der Waals surface area contributed by atoms with Crippen molar-refractivity contribution in [1.82, 2.24) is 5.32 Å². The van der Waals surface area contributed by atoms with E-state index in [9.17, 15) is 14.4 Å². The van der Waals surface area contributed by atoms with Gasteiger partial charge in [0.2, 0.25) is 5.91 Å². The third-order valence-electron chi connectivity index (χ3n) is 2.27. The van der Waals surface area contributed by atoms with Crippen molar-refractivity contribution in [3.63, 3.8) is 0 Å². The van der Waals surface area contributed by atoms with Gasteiger partial charge in [-0.3, -0.25) is 4.79 Å². The minimum Gasteiger partial charge on any atom is -0.466 e. The quantitative estimate of drug-likeness (QED) is 0.457. The van der Waals surface area contributed by atoms with E-state index in [1.54, 1.807) is 0 Å². The van der Waals surface area contributed by atoms with E-state index in [0.29, 0.717) is 13.0 Å². The van der Waals surface area contributed by atoms with Gasteiger partial charge in [0.05, 0.1) is 13.2 Å². The Morgan fingerprint density at radius 1 is 1.29 bits per heavy atom. The fraction of sp³-hybridized carbons (Fsp3) is 0.500. The molecule has 0 aromatic rings. The first-order chi connectivity index (χ1) is 8.02. The number of hydrogen-bond acceptors (Lipinski definition) is 6. The maximum absolute atomic E-state index is 11.2. The van der Waals surface area contributed by atoms with Crippen LogP contribution in [0.5, 0.6) is 0 Å². The summed E-state index contributed by atoms with van der Waals surface area (Å²) in [5, 5.41) is 2.82. The number of amides is 1. The molecule has 1 amide bonds. The SMILES string of the molecule is COC(=O)/C=C/C(=O)O[C@H]1CN[C@H](C(N)=O)C1. The molecule has 7 heteroatoms. The number of primary amides is 1. The molecule has 0 radical (unpaired) electrons. The number of rotatable bonds is 4. The van der Waals surface area contributed by atoms with Crippen molar-refractivity contribution in [3.05, 3.63) is 12.2 Å². The minimum absolute atomic E-state index is 0.340. The van der Waals surface area contributed by atoms with E-state index in [4.69, 9.17) is 10.5 Å². The summed E-state index contributed by atoms with van der Waals surface area (Å²) in [7, 11) is 1.20. The Balaban J connectivity index is 2.36. The maximum Gasteiger partial charge on any atom is 0.331 e. The van der Waals surface area contributed by atoms with Gasteiger partial charge in [-0.2, -0.15) is 0 Å². The monoisotopic (exact) mass is 242 g/mol. The molecule has 1 heterocycles. The normalized spacial score (nSPS) is 23.6. The molecule has 0 unspecified atom stereocenters. The molecule has 3 N–H and O–H groups in total. The third-order valence-corrected chi connectivity index (χ3v) is 2.27. The summed E-state index contributed by atoms with van der Waals surface area (Å²) in [6.07, 6.45) is 1.87. The Morgan fingerprint density at radius 3 is 2.47 bits per heavy atom. The van der Waals surface area contributed by atoms with E-state index in [0.717, 1.165) is 12.2 Å². The molecule has 2 atom stereocenters. The van der Waals surface area contributed by atoms with Gasteiger partial charge in [-0.1, -0.05) is 0 Å². The zero-order valence-corrected chi connectivity index (χ0v) is 9.34.